The highest BCUT2D eigenvalue weighted by Gasteiger charge is 2.10. The molecule has 0 saturated heterocycles. The van der Waals surface area contributed by atoms with E-state index in [2.05, 4.69) is 5.32 Å². The highest BCUT2D eigenvalue weighted by atomic mass is 16.6. The maximum Gasteiger partial charge on any atom is 0.337 e. The summed E-state index contributed by atoms with van der Waals surface area (Å²) in [5.74, 6) is -1.22. The zero-order chi connectivity index (χ0) is 12.8. The van der Waals surface area contributed by atoms with E-state index in [-0.39, 0.29) is 16.8 Å². The third-order valence-electron chi connectivity index (χ3n) is 1.81. The predicted octanol–water partition coefficient (Wildman–Crippen LogP) is 1.42. The topological polar surface area (TPSA) is 116 Å². The summed E-state index contributed by atoms with van der Waals surface area (Å²) >= 11 is 0. The number of anilines is 1. The molecule has 0 aromatic heterocycles. The van der Waals surface area contributed by atoms with Crippen molar-refractivity contribution in [2.24, 2.45) is 0 Å². The monoisotopic (exact) mass is 233 g/mol. The Labute approximate surface area is 95.8 Å². The summed E-state index contributed by atoms with van der Waals surface area (Å²) < 4.78 is 0. The Morgan fingerprint density at radius 3 is 2.82 bits per heavy atom. The fourth-order valence-electron chi connectivity index (χ4n) is 1.10. The number of nitriles is 1. The molecule has 2 N–H and O–H groups in total. The van der Waals surface area contributed by atoms with Gasteiger partial charge in [-0.2, -0.15) is 5.26 Å². The summed E-state index contributed by atoms with van der Waals surface area (Å²) in [6, 6.07) is 5.77. The highest BCUT2D eigenvalue weighted by molar-refractivity contribution is 5.94. The minimum Gasteiger partial charge on any atom is -0.478 e. The number of carbonyl (C=O) groups is 1. The Hall–Kier alpha value is -2.88. The SMILES string of the molecule is N#Cc1ccc(NC=C[N+](=O)[O-])c(C(=O)O)c1. The van der Waals surface area contributed by atoms with Crippen molar-refractivity contribution < 1.29 is 14.8 Å². The molecule has 1 aromatic carbocycles. The van der Waals surface area contributed by atoms with Crippen LogP contribution in [0.5, 0.6) is 0 Å². The molecule has 1 aromatic rings. The molecule has 0 heterocycles. The van der Waals surface area contributed by atoms with Gasteiger partial charge in [-0.1, -0.05) is 0 Å². The first kappa shape index (κ1) is 12.2. The van der Waals surface area contributed by atoms with Crippen molar-refractivity contribution in [3.8, 4) is 6.07 Å². The standard InChI is InChI=1S/C10H7N3O4/c11-6-7-1-2-9(8(5-7)10(14)15)12-3-4-13(16)17/h1-5,12H,(H,14,15). The van der Waals surface area contributed by atoms with Gasteiger partial charge in [0.15, 0.2) is 0 Å². The summed E-state index contributed by atoms with van der Waals surface area (Å²) in [5.41, 5.74) is 0.248. The molecule has 86 valence electrons. The third-order valence-corrected chi connectivity index (χ3v) is 1.81. The number of benzene rings is 1. The Balaban J connectivity index is 3.03. The fourth-order valence-corrected chi connectivity index (χ4v) is 1.10. The van der Waals surface area contributed by atoms with Gasteiger partial charge in [-0.15, -0.1) is 0 Å². The lowest BCUT2D eigenvalue weighted by Crippen LogP contribution is -2.03. The minimum absolute atomic E-state index is 0.128. The second-order valence-electron chi connectivity index (χ2n) is 2.92. The van der Waals surface area contributed by atoms with E-state index in [0.29, 0.717) is 6.20 Å². The molecule has 0 unspecified atom stereocenters. The Morgan fingerprint density at radius 2 is 2.29 bits per heavy atom. The van der Waals surface area contributed by atoms with Crippen LogP contribution in [-0.4, -0.2) is 16.0 Å². The summed E-state index contributed by atoms with van der Waals surface area (Å²) in [4.78, 5) is 20.2. The number of hydrogen-bond acceptors (Lipinski definition) is 5. The second-order valence-corrected chi connectivity index (χ2v) is 2.92. The summed E-state index contributed by atoms with van der Waals surface area (Å²) in [5, 5.41) is 30.0. The van der Waals surface area contributed by atoms with E-state index in [0.717, 1.165) is 6.20 Å². The summed E-state index contributed by atoms with van der Waals surface area (Å²) in [7, 11) is 0. The van der Waals surface area contributed by atoms with Crippen molar-refractivity contribution in [3.05, 3.63) is 51.8 Å². The van der Waals surface area contributed by atoms with Crippen LogP contribution in [0.3, 0.4) is 0 Å². The van der Waals surface area contributed by atoms with Gasteiger partial charge in [-0.25, -0.2) is 4.79 Å². The molecule has 7 heteroatoms. The number of rotatable bonds is 4. The maximum absolute atomic E-state index is 10.9. The molecular weight excluding hydrogens is 226 g/mol. The molecule has 0 atom stereocenters. The van der Waals surface area contributed by atoms with E-state index in [1.165, 1.54) is 18.2 Å². The molecule has 0 spiro atoms. The van der Waals surface area contributed by atoms with Gasteiger partial charge in [0.25, 0.3) is 0 Å². The predicted molar refractivity (Wildman–Crippen MR) is 57.9 cm³/mol. The third kappa shape index (κ3) is 3.32. The number of aromatic carboxylic acids is 1. The first-order chi connectivity index (χ1) is 8.04. The lowest BCUT2D eigenvalue weighted by Gasteiger charge is -2.04. The molecule has 7 nitrogen and oxygen atoms in total. The van der Waals surface area contributed by atoms with Crippen LogP contribution >= 0.6 is 0 Å². The van der Waals surface area contributed by atoms with Crippen molar-refractivity contribution in [1.82, 2.24) is 0 Å². The van der Waals surface area contributed by atoms with Gasteiger partial charge in [0, 0.05) is 0 Å². The molecule has 0 aliphatic heterocycles. The van der Waals surface area contributed by atoms with Crippen molar-refractivity contribution >= 4 is 11.7 Å². The lowest BCUT2D eigenvalue weighted by molar-refractivity contribution is -0.402. The van der Waals surface area contributed by atoms with Crippen LogP contribution in [-0.2, 0) is 0 Å². The van der Waals surface area contributed by atoms with Crippen LogP contribution in [0.25, 0.3) is 0 Å². The van der Waals surface area contributed by atoms with Crippen LogP contribution in [0.15, 0.2) is 30.6 Å². The lowest BCUT2D eigenvalue weighted by atomic mass is 10.1. The van der Waals surface area contributed by atoms with Crippen LogP contribution in [0.4, 0.5) is 5.69 Å². The number of hydrogen-bond donors (Lipinski definition) is 2. The first-order valence-corrected chi connectivity index (χ1v) is 4.38. The van der Waals surface area contributed by atoms with Crippen LogP contribution < -0.4 is 5.32 Å². The van der Waals surface area contributed by atoms with E-state index in [1.54, 1.807) is 6.07 Å². The molecule has 1 rings (SSSR count). The van der Waals surface area contributed by atoms with Gasteiger partial charge in [0.1, 0.15) is 0 Å². The van der Waals surface area contributed by atoms with Crippen molar-refractivity contribution in [1.29, 1.82) is 5.26 Å². The van der Waals surface area contributed by atoms with Crippen molar-refractivity contribution in [3.63, 3.8) is 0 Å². The molecular formula is C10H7N3O4. The Kier molecular flexibility index (Phi) is 3.78. The molecule has 0 radical (unpaired) electrons. The largest absolute Gasteiger partial charge is 0.478 e. The van der Waals surface area contributed by atoms with Gasteiger partial charge in [-0.3, -0.25) is 10.1 Å². The molecule has 0 aliphatic rings. The normalized spacial score (nSPS) is 9.82. The zero-order valence-electron chi connectivity index (χ0n) is 8.45. The van der Waals surface area contributed by atoms with Crippen LogP contribution in [0.2, 0.25) is 0 Å². The molecule has 0 aliphatic carbocycles. The molecule has 0 amide bonds. The van der Waals surface area contributed by atoms with Gasteiger partial charge < -0.3 is 10.4 Å². The van der Waals surface area contributed by atoms with Gasteiger partial charge in [0.2, 0.25) is 6.20 Å². The van der Waals surface area contributed by atoms with Gasteiger partial charge >= 0.3 is 5.97 Å². The maximum atomic E-state index is 10.9. The zero-order valence-corrected chi connectivity index (χ0v) is 8.45. The average molecular weight is 233 g/mol. The van der Waals surface area contributed by atoms with Crippen LogP contribution in [0, 0.1) is 21.4 Å². The average Bonchev–Trinajstić information content (AvgIpc) is 2.28. The summed E-state index contributed by atoms with van der Waals surface area (Å²) in [6.07, 6.45) is 1.65. The van der Waals surface area contributed by atoms with Gasteiger partial charge in [-0.05, 0) is 18.2 Å². The number of carboxylic acids is 1. The second kappa shape index (κ2) is 5.27. The van der Waals surface area contributed by atoms with E-state index < -0.39 is 10.9 Å². The molecule has 17 heavy (non-hydrogen) atoms. The number of nitro groups is 1. The van der Waals surface area contributed by atoms with Gasteiger partial charge in [0.05, 0.1) is 34.0 Å². The van der Waals surface area contributed by atoms with E-state index in [1.807, 2.05) is 0 Å². The molecule has 0 fully saturated rings. The Morgan fingerprint density at radius 1 is 1.59 bits per heavy atom. The van der Waals surface area contributed by atoms with E-state index >= 15 is 0 Å². The minimum atomic E-state index is -1.22. The molecule has 0 bridgehead atoms. The highest BCUT2D eigenvalue weighted by Crippen LogP contribution is 2.17. The molecule has 0 saturated carbocycles. The van der Waals surface area contributed by atoms with Crippen molar-refractivity contribution in [2.75, 3.05) is 5.32 Å². The number of nitrogens with zero attached hydrogens (tertiary/aromatic N) is 2. The first-order valence-electron chi connectivity index (χ1n) is 4.38. The Bertz CT molecular complexity index is 531. The van der Waals surface area contributed by atoms with Crippen molar-refractivity contribution in [2.45, 2.75) is 0 Å². The number of nitrogens with one attached hydrogen (secondary N) is 1. The summed E-state index contributed by atoms with van der Waals surface area (Å²) in [6.45, 7) is 0. The van der Waals surface area contributed by atoms with E-state index in [4.69, 9.17) is 10.4 Å². The quantitative estimate of drug-likeness (QED) is 0.599. The fraction of sp³-hybridized carbons (Fsp3) is 0. The van der Waals surface area contributed by atoms with Crippen LogP contribution in [0.1, 0.15) is 15.9 Å². The van der Waals surface area contributed by atoms with E-state index in [9.17, 15) is 14.9 Å². The smallest absolute Gasteiger partial charge is 0.337 e. The number of carboxylic acid groups (broad SMARTS) is 1.